The molecule has 1 aliphatic carbocycles. The highest BCUT2D eigenvalue weighted by atomic mass is 15.3. The number of rotatable bonds is 5. The molecule has 1 saturated heterocycles. The Kier molecular flexibility index (Phi) is 4.61. The zero-order valence-electron chi connectivity index (χ0n) is 12.7. The van der Waals surface area contributed by atoms with Gasteiger partial charge in [0.2, 0.25) is 5.95 Å². The number of aromatic nitrogens is 2. The fraction of sp³-hybridized carbons (Fsp3) is 0.812. The topological polar surface area (TPSA) is 33.1 Å². The van der Waals surface area contributed by atoms with E-state index in [1.165, 1.54) is 64.0 Å². The van der Waals surface area contributed by atoms with Crippen molar-refractivity contribution in [2.75, 3.05) is 31.6 Å². The van der Waals surface area contributed by atoms with Crippen molar-refractivity contribution in [3.05, 3.63) is 12.4 Å². The second-order valence-electron chi connectivity index (χ2n) is 6.40. The van der Waals surface area contributed by atoms with E-state index in [1.807, 2.05) is 13.2 Å². The van der Waals surface area contributed by atoms with Crippen LogP contribution < -0.4 is 10.2 Å². The molecule has 0 aromatic carbocycles. The number of anilines is 1. The Labute approximate surface area is 122 Å². The average Bonchev–Trinajstić information content (AvgIpc) is 3.15. The zero-order chi connectivity index (χ0) is 13.8. The Morgan fingerprint density at radius 1 is 1.20 bits per heavy atom. The minimum atomic E-state index is 0.703. The molecule has 2 fully saturated rings. The van der Waals surface area contributed by atoms with Gasteiger partial charge in [0.1, 0.15) is 0 Å². The van der Waals surface area contributed by atoms with Gasteiger partial charge in [0.15, 0.2) is 0 Å². The van der Waals surface area contributed by atoms with Crippen LogP contribution in [0.4, 0.5) is 5.95 Å². The Bertz CT molecular complexity index is 400. The highest BCUT2D eigenvalue weighted by molar-refractivity contribution is 5.32. The van der Waals surface area contributed by atoms with Gasteiger partial charge in [-0.2, -0.15) is 0 Å². The van der Waals surface area contributed by atoms with E-state index in [1.54, 1.807) is 0 Å². The van der Waals surface area contributed by atoms with Crippen molar-refractivity contribution in [2.45, 2.75) is 51.0 Å². The number of hydrogen-bond donors (Lipinski definition) is 1. The number of piperidine rings is 1. The predicted molar refractivity (Wildman–Crippen MR) is 83.2 cm³/mol. The Morgan fingerprint density at radius 2 is 1.95 bits per heavy atom. The van der Waals surface area contributed by atoms with Crippen molar-refractivity contribution in [1.82, 2.24) is 14.9 Å². The molecule has 1 N–H and O–H groups in total. The molecule has 20 heavy (non-hydrogen) atoms. The van der Waals surface area contributed by atoms with Crippen LogP contribution in [0, 0.1) is 5.92 Å². The van der Waals surface area contributed by atoms with Crippen LogP contribution in [0.5, 0.6) is 0 Å². The summed E-state index contributed by atoms with van der Waals surface area (Å²) < 4.78 is 2.45. The number of nitrogens with one attached hydrogen (secondary N) is 1. The molecule has 4 nitrogen and oxygen atoms in total. The third-order valence-electron chi connectivity index (χ3n) is 5.07. The van der Waals surface area contributed by atoms with Crippen molar-refractivity contribution >= 4 is 5.95 Å². The molecule has 3 rings (SSSR count). The summed E-state index contributed by atoms with van der Waals surface area (Å²) in [5, 5.41) is 3.27. The SMILES string of the molecule is CNCCC1CCN(c2nccn2C2CCCC2)CC1. The molecule has 2 aliphatic rings. The minimum absolute atomic E-state index is 0.703. The molecule has 0 atom stereocenters. The van der Waals surface area contributed by atoms with Gasteiger partial charge in [-0.25, -0.2) is 4.98 Å². The van der Waals surface area contributed by atoms with Crippen LogP contribution in [0.2, 0.25) is 0 Å². The van der Waals surface area contributed by atoms with Crippen LogP contribution in [-0.2, 0) is 0 Å². The van der Waals surface area contributed by atoms with E-state index in [0.717, 1.165) is 12.5 Å². The lowest BCUT2D eigenvalue weighted by Gasteiger charge is -2.33. The molecule has 2 heterocycles. The van der Waals surface area contributed by atoms with Crippen LogP contribution in [0.25, 0.3) is 0 Å². The molecule has 112 valence electrons. The number of imidazole rings is 1. The van der Waals surface area contributed by atoms with Gasteiger partial charge in [-0.05, 0) is 51.6 Å². The second-order valence-corrected chi connectivity index (χ2v) is 6.40. The summed E-state index contributed by atoms with van der Waals surface area (Å²) in [6, 6.07) is 0.703. The van der Waals surface area contributed by atoms with Gasteiger partial charge in [-0.3, -0.25) is 0 Å². The summed E-state index contributed by atoms with van der Waals surface area (Å²) >= 11 is 0. The quantitative estimate of drug-likeness (QED) is 0.897. The van der Waals surface area contributed by atoms with Gasteiger partial charge < -0.3 is 14.8 Å². The first kappa shape index (κ1) is 13.9. The highest BCUT2D eigenvalue weighted by Crippen LogP contribution is 2.33. The van der Waals surface area contributed by atoms with E-state index in [0.29, 0.717) is 6.04 Å². The second kappa shape index (κ2) is 6.61. The predicted octanol–water partition coefficient (Wildman–Crippen LogP) is 2.82. The molecule has 0 radical (unpaired) electrons. The van der Waals surface area contributed by atoms with Gasteiger partial charge >= 0.3 is 0 Å². The molecule has 0 spiro atoms. The van der Waals surface area contributed by atoms with Crippen LogP contribution in [0.1, 0.15) is 51.0 Å². The molecule has 1 aromatic heterocycles. The summed E-state index contributed by atoms with van der Waals surface area (Å²) in [5.41, 5.74) is 0. The third kappa shape index (κ3) is 3.00. The summed E-state index contributed by atoms with van der Waals surface area (Å²) in [6.07, 6.45) is 13.6. The summed E-state index contributed by atoms with van der Waals surface area (Å²) in [6.45, 7) is 3.51. The Morgan fingerprint density at radius 3 is 2.65 bits per heavy atom. The van der Waals surface area contributed by atoms with Gasteiger partial charge in [0.05, 0.1) is 0 Å². The number of nitrogens with zero attached hydrogens (tertiary/aromatic N) is 3. The van der Waals surface area contributed by atoms with Gasteiger partial charge in [-0.15, -0.1) is 0 Å². The van der Waals surface area contributed by atoms with Crippen molar-refractivity contribution in [2.24, 2.45) is 5.92 Å². The minimum Gasteiger partial charge on any atom is -0.342 e. The molecular formula is C16H28N4. The van der Waals surface area contributed by atoms with E-state index < -0.39 is 0 Å². The van der Waals surface area contributed by atoms with Crippen LogP contribution >= 0.6 is 0 Å². The first-order chi connectivity index (χ1) is 9.88. The molecule has 0 bridgehead atoms. The van der Waals surface area contributed by atoms with Crippen molar-refractivity contribution < 1.29 is 0 Å². The molecule has 0 amide bonds. The van der Waals surface area contributed by atoms with Crippen molar-refractivity contribution in [3.63, 3.8) is 0 Å². The lowest BCUT2D eigenvalue weighted by molar-refractivity contribution is 0.371. The van der Waals surface area contributed by atoms with Crippen LogP contribution in [0.3, 0.4) is 0 Å². The molecule has 1 saturated carbocycles. The zero-order valence-corrected chi connectivity index (χ0v) is 12.7. The van der Waals surface area contributed by atoms with Crippen molar-refractivity contribution in [3.8, 4) is 0 Å². The maximum absolute atomic E-state index is 4.65. The average molecular weight is 276 g/mol. The lowest BCUT2D eigenvalue weighted by atomic mass is 9.94. The standard InChI is InChI=1S/C16H28N4/c1-17-9-6-14-7-11-19(12-8-14)16-18-10-13-20(16)15-4-2-3-5-15/h10,13-15,17H,2-9,11-12H2,1H3. The molecular weight excluding hydrogens is 248 g/mol. The van der Waals surface area contributed by atoms with E-state index in [4.69, 9.17) is 0 Å². The van der Waals surface area contributed by atoms with E-state index in [9.17, 15) is 0 Å². The Hall–Kier alpha value is -1.03. The highest BCUT2D eigenvalue weighted by Gasteiger charge is 2.25. The molecule has 1 aromatic rings. The van der Waals surface area contributed by atoms with E-state index in [-0.39, 0.29) is 0 Å². The summed E-state index contributed by atoms with van der Waals surface area (Å²) in [4.78, 5) is 7.16. The lowest BCUT2D eigenvalue weighted by Crippen LogP contribution is -2.36. The van der Waals surface area contributed by atoms with E-state index in [2.05, 4.69) is 26.0 Å². The monoisotopic (exact) mass is 276 g/mol. The normalized spacial score (nSPS) is 21.8. The smallest absolute Gasteiger partial charge is 0.205 e. The Balaban J connectivity index is 1.59. The summed E-state index contributed by atoms with van der Waals surface area (Å²) in [7, 11) is 2.05. The van der Waals surface area contributed by atoms with Gasteiger partial charge in [-0.1, -0.05) is 12.8 Å². The van der Waals surface area contributed by atoms with Gasteiger partial charge in [0.25, 0.3) is 0 Å². The molecule has 4 heteroatoms. The number of hydrogen-bond acceptors (Lipinski definition) is 3. The maximum atomic E-state index is 4.65. The van der Waals surface area contributed by atoms with Gasteiger partial charge in [0, 0.05) is 31.5 Å². The maximum Gasteiger partial charge on any atom is 0.205 e. The van der Waals surface area contributed by atoms with E-state index >= 15 is 0 Å². The van der Waals surface area contributed by atoms with Crippen LogP contribution in [-0.4, -0.2) is 36.2 Å². The van der Waals surface area contributed by atoms with Crippen molar-refractivity contribution in [1.29, 1.82) is 0 Å². The summed E-state index contributed by atoms with van der Waals surface area (Å²) in [5.74, 6) is 2.12. The molecule has 0 unspecified atom stereocenters. The third-order valence-corrected chi connectivity index (χ3v) is 5.07. The first-order valence-corrected chi connectivity index (χ1v) is 8.31. The van der Waals surface area contributed by atoms with Crippen LogP contribution in [0.15, 0.2) is 12.4 Å². The fourth-order valence-corrected chi connectivity index (χ4v) is 3.79. The fourth-order valence-electron chi connectivity index (χ4n) is 3.79. The first-order valence-electron chi connectivity index (χ1n) is 8.31. The largest absolute Gasteiger partial charge is 0.342 e. The molecule has 1 aliphatic heterocycles.